The molecule has 22 heavy (non-hydrogen) atoms. The van der Waals surface area contributed by atoms with E-state index in [0.717, 1.165) is 44.8 Å². The highest BCUT2D eigenvalue weighted by molar-refractivity contribution is 5.76. The molecule has 2 aliphatic rings. The van der Waals surface area contributed by atoms with Crippen molar-refractivity contribution in [3.63, 3.8) is 0 Å². The summed E-state index contributed by atoms with van der Waals surface area (Å²) in [5, 5.41) is 14.2. The van der Waals surface area contributed by atoms with Gasteiger partial charge in [0.1, 0.15) is 5.82 Å². The molecule has 0 radical (unpaired) electrons. The summed E-state index contributed by atoms with van der Waals surface area (Å²) in [5.74, 6) is 1.81. The Morgan fingerprint density at radius 3 is 3.09 bits per heavy atom. The fourth-order valence-corrected chi connectivity index (χ4v) is 3.38. The number of carbonyl (C=O) groups is 1. The van der Waals surface area contributed by atoms with Crippen molar-refractivity contribution in [2.24, 2.45) is 5.92 Å². The molecule has 3 N–H and O–H groups in total. The molecule has 0 spiro atoms. The monoisotopic (exact) mass is 305 g/mol. The lowest BCUT2D eigenvalue weighted by molar-refractivity contribution is -0.121. The van der Waals surface area contributed by atoms with Crippen LogP contribution in [0.4, 0.5) is 5.82 Å². The normalized spacial score (nSPS) is 21.9. The highest BCUT2D eigenvalue weighted by Crippen LogP contribution is 2.17. The van der Waals surface area contributed by atoms with Gasteiger partial charge in [-0.15, -0.1) is 0 Å². The average Bonchev–Trinajstić information content (AvgIpc) is 3.00. The molecule has 1 aromatic heterocycles. The van der Waals surface area contributed by atoms with E-state index in [2.05, 4.69) is 21.0 Å². The first kappa shape index (κ1) is 15.3. The van der Waals surface area contributed by atoms with Crippen LogP contribution in [0.2, 0.25) is 0 Å². The quantitative estimate of drug-likeness (QED) is 0.694. The van der Waals surface area contributed by atoms with Crippen LogP contribution in [0.1, 0.15) is 38.5 Å². The number of anilines is 1. The first-order valence-electron chi connectivity index (χ1n) is 8.57. The van der Waals surface area contributed by atoms with Gasteiger partial charge >= 0.3 is 0 Å². The zero-order chi connectivity index (χ0) is 15.2. The number of nitrogens with zero attached hydrogens (tertiary/aromatic N) is 2. The van der Waals surface area contributed by atoms with Crippen molar-refractivity contribution < 1.29 is 4.79 Å². The molecule has 6 nitrogen and oxygen atoms in total. The standard InChI is InChI=1S/C16H27N5O/c22-16(20-14-4-2-1-3-5-14)7-8-17-10-13-11-18-15-6-9-19-21(15)12-13/h6,9,13-14,17-18H,1-5,7-8,10-12H2,(H,20,22). The molecule has 1 atom stereocenters. The molecule has 122 valence electrons. The third-order valence-electron chi connectivity index (χ3n) is 4.65. The number of nitrogens with one attached hydrogen (secondary N) is 3. The Hall–Kier alpha value is -1.56. The molecule has 1 amide bonds. The fraction of sp³-hybridized carbons (Fsp3) is 0.750. The maximum atomic E-state index is 11.9. The first-order chi connectivity index (χ1) is 10.8. The van der Waals surface area contributed by atoms with Crippen molar-refractivity contribution in [3.05, 3.63) is 12.3 Å². The zero-order valence-corrected chi connectivity index (χ0v) is 13.2. The Balaban J connectivity index is 1.28. The topological polar surface area (TPSA) is 71.0 Å². The Labute approximate surface area is 132 Å². The highest BCUT2D eigenvalue weighted by Gasteiger charge is 2.18. The van der Waals surface area contributed by atoms with Crippen molar-refractivity contribution in [1.82, 2.24) is 20.4 Å². The number of rotatable bonds is 6. The molecule has 1 fully saturated rings. The molecule has 0 saturated heterocycles. The Morgan fingerprint density at radius 1 is 1.36 bits per heavy atom. The van der Waals surface area contributed by atoms with Crippen LogP contribution in [0.25, 0.3) is 0 Å². The number of amides is 1. The van der Waals surface area contributed by atoms with Gasteiger partial charge in [0.2, 0.25) is 5.91 Å². The maximum absolute atomic E-state index is 11.9. The summed E-state index contributed by atoms with van der Waals surface area (Å²) in [6.07, 6.45) is 8.54. The predicted octanol–water partition coefficient (Wildman–Crippen LogP) is 1.35. The number of aromatic nitrogens is 2. The third kappa shape index (κ3) is 4.22. The van der Waals surface area contributed by atoms with Gasteiger partial charge < -0.3 is 16.0 Å². The van der Waals surface area contributed by atoms with E-state index in [1.807, 2.05) is 16.9 Å². The maximum Gasteiger partial charge on any atom is 0.221 e. The van der Waals surface area contributed by atoms with E-state index in [9.17, 15) is 4.79 Å². The minimum Gasteiger partial charge on any atom is -0.370 e. The minimum absolute atomic E-state index is 0.190. The largest absolute Gasteiger partial charge is 0.370 e. The van der Waals surface area contributed by atoms with Crippen LogP contribution in [0.5, 0.6) is 0 Å². The summed E-state index contributed by atoms with van der Waals surface area (Å²) in [5.41, 5.74) is 0. The molecule has 1 aliphatic carbocycles. The first-order valence-corrected chi connectivity index (χ1v) is 8.57. The van der Waals surface area contributed by atoms with E-state index in [1.54, 1.807) is 0 Å². The van der Waals surface area contributed by atoms with E-state index < -0.39 is 0 Å². The smallest absolute Gasteiger partial charge is 0.221 e. The van der Waals surface area contributed by atoms with E-state index in [4.69, 9.17) is 0 Å². The lowest BCUT2D eigenvalue weighted by Gasteiger charge is -2.25. The van der Waals surface area contributed by atoms with Crippen LogP contribution in [0, 0.1) is 5.92 Å². The summed E-state index contributed by atoms with van der Waals surface area (Å²) in [7, 11) is 0. The van der Waals surface area contributed by atoms with E-state index in [0.29, 0.717) is 18.4 Å². The molecule has 1 unspecified atom stereocenters. The van der Waals surface area contributed by atoms with E-state index in [1.165, 1.54) is 19.3 Å². The molecule has 1 aromatic rings. The molecule has 6 heteroatoms. The Kier molecular flexibility index (Phi) is 5.32. The lowest BCUT2D eigenvalue weighted by Crippen LogP contribution is -2.39. The summed E-state index contributed by atoms with van der Waals surface area (Å²) >= 11 is 0. The number of carbonyl (C=O) groups excluding carboxylic acids is 1. The van der Waals surface area contributed by atoms with Gasteiger partial charge in [-0.1, -0.05) is 19.3 Å². The minimum atomic E-state index is 0.190. The Morgan fingerprint density at radius 2 is 2.23 bits per heavy atom. The summed E-state index contributed by atoms with van der Waals surface area (Å²) in [6.45, 7) is 3.58. The van der Waals surface area contributed by atoms with Crippen LogP contribution in [0.15, 0.2) is 12.3 Å². The molecule has 0 bridgehead atoms. The Bertz CT molecular complexity index is 481. The van der Waals surface area contributed by atoms with Crippen molar-refractivity contribution in [1.29, 1.82) is 0 Å². The fourth-order valence-electron chi connectivity index (χ4n) is 3.38. The zero-order valence-electron chi connectivity index (χ0n) is 13.2. The molecule has 1 saturated carbocycles. The molecular formula is C16H27N5O. The van der Waals surface area contributed by atoms with Crippen molar-refractivity contribution >= 4 is 11.7 Å². The van der Waals surface area contributed by atoms with E-state index >= 15 is 0 Å². The highest BCUT2D eigenvalue weighted by atomic mass is 16.1. The molecule has 0 aromatic carbocycles. The van der Waals surface area contributed by atoms with Crippen LogP contribution >= 0.6 is 0 Å². The van der Waals surface area contributed by atoms with Gasteiger partial charge in [0.25, 0.3) is 0 Å². The van der Waals surface area contributed by atoms with Gasteiger partial charge in [0.15, 0.2) is 0 Å². The second-order valence-electron chi connectivity index (χ2n) is 6.50. The van der Waals surface area contributed by atoms with Gasteiger partial charge in [0, 0.05) is 50.6 Å². The number of hydrogen-bond acceptors (Lipinski definition) is 4. The molecule has 1 aliphatic heterocycles. The van der Waals surface area contributed by atoms with Crippen LogP contribution < -0.4 is 16.0 Å². The number of hydrogen-bond donors (Lipinski definition) is 3. The predicted molar refractivity (Wildman–Crippen MR) is 86.7 cm³/mol. The van der Waals surface area contributed by atoms with Crippen LogP contribution in [-0.4, -0.2) is 41.4 Å². The number of fused-ring (bicyclic) bond motifs is 1. The lowest BCUT2D eigenvalue weighted by atomic mass is 9.95. The average molecular weight is 305 g/mol. The SMILES string of the molecule is O=C(CCNCC1CNc2ccnn2C1)NC1CCCCC1. The van der Waals surface area contributed by atoms with Crippen molar-refractivity contribution in [2.45, 2.75) is 51.1 Å². The summed E-state index contributed by atoms with van der Waals surface area (Å²) in [6, 6.07) is 2.42. The third-order valence-corrected chi connectivity index (χ3v) is 4.65. The van der Waals surface area contributed by atoms with Gasteiger partial charge in [-0.3, -0.25) is 4.79 Å². The summed E-state index contributed by atoms with van der Waals surface area (Å²) < 4.78 is 2.01. The molecule has 3 rings (SSSR count). The second kappa shape index (κ2) is 7.63. The summed E-state index contributed by atoms with van der Waals surface area (Å²) in [4.78, 5) is 11.9. The second-order valence-corrected chi connectivity index (χ2v) is 6.50. The van der Waals surface area contributed by atoms with Crippen LogP contribution in [-0.2, 0) is 11.3 Å². The van der Waals surface area contributed by atoms with E-state index in [-0.39, 0.29) is 5.91 Å². The van der Waals surface area contributed by atoms with Gasteiger partial charge in [0.05, 0.1) is 6.20 Å². The van der Waals surface area contributed by atoms with Crippen molar-refractivity contribution in [2.75, 3.05) is 25.0 Å². The van der Waals surface area contributed by atoms with Gasteiger partial charge in [-0.05, 0) is 12.8 Å². The molecular weight excluding hydrogens is 278 g/mol. The van der Waals surface area contributed by atoms with Gasteiger partial charge in [-0.25, -0.2) is 4.68 Å². The van der Waals surface area contributed by atoms with Gasteiger partial charge in [-0.2, -0.15) is 5.10 Å². The van der Waals surface area contributed by atoms with Crippen LogP contribution in [0.3, 0.4) is 0 Å². The molecule has 2 heterocycles. The van der Waals surface area contributed by atoms with Crippen molar-refractivity contribution in [3.8, 4) is 0 Å².